The van der Waals surface area contributed by atoms with Crippen molar-refractivity contribution in [2.45, 2.75) is 19.3 Å². The highest BCUT2D eigenvalue weighted by Crippen LogP contribution is 2.36. The van der Waals surface area contributed by atoms with Gasteiger partial charge in [-0.2, -0.15) is 36.5 Å². The number of anilines is 1. The number of hydrogen-bond donors (Lipinski definition) is 1. The van der Waals surface area contributed by atoms with Crippen LogP contribution in [0.15, 0.2) is 55.1 Å². The summed E-state index contributed by atoms with van der Waals surface area (Å²) in [6, 6.07) is 5.34. The predicted molar refractivity (Wildman–Crippen MR) is 109 cm³/mol. The van der Waals surface area contributed by atoms with Crippen LogP contribution in [0.2, 0.25) is 0 Å². The average molecular weight is 493 g/mol. The molecule has 3 aromatic heterocycles. The summed E-state index contributed by atoms with van der Waals surface area (Å²) in [6.07, 6.45) is -5.14. The quantitative estimate of drug-likeness (QED) is 0.414. The molecule has 0 unspecified atom stereocenters. The van der Waals surface area contributed by atoms with Gasteiger partial charge in [-0.3, -0.25) is 4.79 Å². The van der Waals surface area contributed by atoms with Gasteiger partial charge in [0, 0.05) is 11.8 Å². The van der Waals surface area contributed by atoms with Crippen molar-refractivity contribution in [2.24, 2.45) is 0 Å². The molecular formula is C21H13F6N7O. The van der Waals surface area contributed by atoms with E-state index >= 15 is 0 Å². The number of amides is 1. The van der Waals surface area contributed by atoms with Gasteiger partial charge in [-0.1, -0.05) is 18.2 Å². The van der Waals surface area contributed by atoms with Crippen LogP contribution < -0.4 is 5.32 Å². The normalized spacial score (nSPS) is 12.0. The third-order valence-electron chi connectivity index (χ3n) is 4.74. The van der Waals surface area contributed by atoms with Crippen LogP contribution in [0, 0.1) is 6.92 Å². The van der Waals surface area contributed by atoms with Crippen LogP contribution in [0.3, 0.4) is 0 Å². The van der Waals surface area contributed by atoms with E-state index < -0.39 is 35.2 Å². The number of halogens is 6. The summed E-state index contributed by atoms with van der Waals surface area (Å²) in [6.45, 7) is 1.36. The SMILES string of the molecule is Cc1nc(-c2ccccc2C(F)(F)F)ncc1C(=O)Nc1cnc(-n2nccn2)c(C(F)(F)F)c1. The highest BCUT2D eigenvalue weighted by molar-refractivity contribution is 6.04. The molecule has 1 amide bonds. The second kappa shape index (κ2) is 8.77. The minimum absolute atomic E-state index is 0.0193. The number of pyridine rings is 1. The second-order valence-corrected chi connectivity index (χ2v) is 7.10. The fourth-order valence-corrected chi connectivity index (χ4v) is 3.16. The lowest BCUT2D eigenvalue weighted by atomic mass is 10.1. The van der Waals surface area contributed by atoms with Crippen LogP contribution in [0.4, 0.5) is 32.0 Å². The van der Waals surface area contributed by atoms with Crippen molar-refractivity contribution >= 4 is 11.6 Å². The van der Waals surface area contributed by atoms with E-state index in [0.29, 0.717) is 10.9 Å². The van der Waals surface area contributed by atoms with Crippen molar-refractivity contribution in [3.05, 3.63) is 77.5 Å². The molecule has 1 aromatic carbocycles. The van der Waals surface area contributed by atoms with E-state index in [1.807, 2.05) is 0 Å². The van der Waals surface area contributed by atoms with Gasteiger partial charge >= 0.3 is 12.4 Å². The number of alkyl halides is 6. The summed E-state index contributed by atoms with van der Waals surface area (Å²) in [5.74, 6) is -1.73. The lowest BCUT2D eigenvalue weighted by molar-refractivity contribution is -0.138. The molecule has 14 heteroatoms. The molecule has 0 fully saturated rings. The van der Waals surface area contributed by atoms with Gasteiger partial charge in [0.15, 0.2) is 11.6 Å². The van der Waals surface area contributed by atoms with E-state index in [9.17, 15) is 31.1 Å². The van der Waals surface area contributed by atoms with Crippen molar-refractivity contribution in [1.82, 2.24) is 29.9 Å². The lowest BCUT2D eigenvalue weighted by Gasteiger charge is -2.14. The number of carbonyl (C=O) groups is 1. The molecule has 3 heterocycles. The van der Waals surface area contributed by atoms with Crippen molar-refractivity contribution in [3.8, 4) is 17.2 Å². The maximum absolute atomic E-state index is 13.5. The summed E-state index contributed by atoms with van der Waals surface area (Å²) in [4.78, 5) is 24.9. The fourth-order valence-electron chi connectivity index (χ4n) is 3.16. The molecular weight excluding hydrogens is 480 g/mol. The third kappa shape index (κ3) is 4.95. The molecule has 0 radical (unpaired) electrons. The van der Waals surface area contributed by atoms with E-state index in [2.05, 4.69) is 30.5 Å². The first kappa shape index (κ1) is 23.8. The number of hydrogen-bond acceptors (Lipinski definition) is 6. The lowest BCUT2D eigenvalue weighted by Crippen LogP contribution is -2.18. The molecule has 0 bridgehead atoms. The summed E-state index contributed by atoms with van der Waals surface area (Å²) in [7, 11) is 0. The van der Waals surface area contributed by atoms with Crippen LogP contribution >= 0.6 is 0 Å². The van der Waals surface area contributed by atoms with Gasteiger partial charge in [0.2, 0.25) is 0 Å². The maximum Gasteiger partial charge on any atom is 0.420 e. The van der Waals surface area contributed by atoms with Crippen LogP contribution in [0.1, 0.15) is 27.2 Å². The van der Waals surface area contributed by atoms with E-state index in [4.69, 9.17) is 0 Å². The molecule has 0 atom stereocenters. The first-order chi connectivity index (χ1) is 16.4. The summed E-state index contributed by atoms with van der Waals surface area (Å²) >= 11 is 0. The summed E-state index contributed by atoms with van der Waals surface area (Å²) < 4.78 is 80.5. The molecule has 0 spiro atoms. The Kier molecular flexibility index (Phi) is 5.96. The Hall–Kier alpha value is -4.36. The van der Waals surface area contributed by atoms with Crippen molar-refractivity contribution in [3.63, 3.8) is 0 Å². The van der Waals surface area contributed by atoms with E-state index in [1.165, 1.54) is 37.5 Å². The van der Waals surface area contributed by atoms with Gasteiger partial charge < -0.3 is 5.32 Å². The highest BCUT2D eigenvalue weighted by Gasteiger charge is 2.36. The molecule has 35 heavy (non-hydrogen) atoms. The predicted octanol–water partition coefficient (Wildman–Crippen LogP) is 4.72. The maximum atomic E-state index is 13.5. The Morgan fingerprint density at radius 1 is 0.914 bits per heavy atom. The number of nitrogens with zero attached hydrogens (tertiary/aromatic N) is 6. The monoisotopic (exact) mass is 493 g/mol. The van der Waals surface area contributed by atoms with Crippen molar-refractivity contribution in [1.29, 1.82) is 0 Å². The Morgan fingerprint density at radius 3 is 2.20 bits per heavy atom. The second-order valence-electron chi connectivity index (χ2n) is 7.10. The number of carbonyl (C=O) groups excluding carboxylic acids is 1. The minimum atomic E-state index is -4.83. The van der Waals surface area contributed by atoms with Gasteiger partial charge in [0.25, 0.3) is 5.91 Å². The number of aromatic nitrogens is 6. The molecule has 4 aromatic rings. The van der Waals surface area contributed by atoms with Gasteiger partial charge in [0.05, 0.1) is 41.1 Å². The molecule has 4 rings (SSSR count). The number of benzene rings is 1. The average Bonchev–Trinajstić information content (AvgIpc) is 3.32. The van der Waals surface area contributed by atoms with Gasteiger partial charge in [-0.15, -0.1) is 4.80 Å². The van der Waals surface area contributed by atoms with Crippen LogP contribution in [0.25, 0.3) is 17.2 Å². The first-order valence-corrected chi connectivity index (χ1v) is 9.70. The molecule has 1 N–H and O–H groups in total. The van der Waals surface area contributed by atoms with Gasteiger partial charge in [-0.25, -0.2) is 15.0 Å². The summed E-state index contributed by atoms with van der Waals surface area (Å²) in [5, 5.41) is 9.53. The third-order valence-corrected chi connectivity index (χ3v) is 4.74. The smallest absolute Gasteiger partial charge is 0.320 e. The topological polar surface area (TPSA) is 98.5 Å². The summed E-state index contributed by atoms with van der Waals surface area (Å²) in [5.41, 5.74) is -2.84. The van der Waals surface area contributed by atoms with Gasteiger partial charge in [0.1, 0.15) is 5.56 Å². The Morgan fingerprint density at radius 2 is 1.57 bits per heavy atom. The van der Waals surface area contributed by atoms with Crippen LogP contribution in [-0.2, 0) is 12.4 Å². The van der Waals surface area contributed by atoms with Crippen molar-refractivity contribution < 1.29 is 31.1 Å². The first-order valence-electron chi connectivity index (χ1n) is 9.70. The molecule has 0 saturated carbocycles. The Balaban J connectivity index is 1.63. The van der Waals surface area contributed by atoms with E-state index in [1.54, 1.807) is 0 Å². The standard InChI is InChI=1S/C21H13F6N7O/c1-11-14(10-28-17(32-11)13-4-2-3-5-15(13)20(22,23)24)19(35)33-12-8-16(21(25,26)27)18(29-9-12)34-30-6-7-31-34/h2-10H,1H3,(H,33,35). The molecule has 0 aliphatic rings. The molecule has 180 valence electrons. The zero-order valence-corrected chi connectivity index (χ0v) is 17.6. The molecule has 8 nitrogen and oxygen atoms in total. The molecule has 0 saturated heterocycles. The number of aryl methyl sites for hydroxylation is 1. The van der Waals surface area contributed by atoms with Crippen molar-refractivity contribution in [2.75, 3.05) is 5.32 Å². The van der Waals surface area contributed by atoms with E-state index in [-0.39, 0.29) is 28.3 Å². The minimum Gasteiger partial charge on any atom is -0.320 e. The highest BCUT2D eigenvalue weighted by atomic mass is 19.4. The zero-order valence-electron chi connectivity index (χ0n) is 17.6. The molecule has 0 aliphatic heterocycles. The zero-order chi connectivity index (χ0) is 25.4. The largest absolute Gasteiger partial charge is 0.420 e. The number of rotatable bonds is 4. The van der Waals surface area contributed by atoms with Gasteiger partial charge in [-0.05, 0) is 19.1 Å². The fraction of sp³-hybridized carbons (Fsp3) is 0.143. The Bertz CT molecular complexity index is 1380. The molecule has 0 aliphatic carbocycles. The van der Waals surface area contributed by atoms with Crippen LogP contribution in [-0.4, -0.2) is 35.9 Å². The van der Waals surface area contributed by atoms with Crippen LogP contribution in [0.5, 0.6) is 0 Å². The Labute approximate surface area is 192 Å². The number of nitrogens with one attached hydrogen (secondary N) is 1. The van der Waals surface area contributed by atoms with E-state index in [0.717, 1.165) is 18.5 Å².